The van der Waals surface area contributed by atoms with Crippen LogP contribution in [0.2, 0.25) is 0 Å². The molecule has 3 unspecified atom stereocenters. The molecule has 0 aromatic heterocycles. The number of nitrogens with zero attached hydrogens (tertiary/aromatic N) is 1. The van der Waals surface area contributed by atoms with Crippen LogP contribution in [0.5, 0.6) is 5.75 Å². The molecule has 6 heteroatoms. The molecular weight excluding hydrogens is 465 g/mol. The minimum absolute atomic E-state index is 0. The summed E-state index contributed by atoms with van der Waals surface area (Å²) in [6.07, 6.45) is 4.13. The number of halogens is 1. The van der Waals surface area contributed by atoms with Gasteiger partial charge in [-0.15, -0.1) is 24.0 Å². The summed E-state index contributed by atoms with van der Waals surface area (Å²) >= 11 is 0. The molecular formula is C22H34IN3O2. The van der Waals surface area contributed by atoms with Gasteiger partial charge in [0.2, 0.25) is 0 Å². The third-order valence-corrected chi connectivity index (χ3v) is 6.46. The maximum absolute atomic E-state index is 6.09. The number of benzene rings is 1. The predicted octanol–water partition coefficient (Wildman–Crippen LogP) is 3.88. The first-order valence-electron chi connectivity index (χ1n) is 10.3. The molecule has 0 bridgehead atoms. The Morgan fingerprint density at radius 3 is 2.79 bits per heavy atom. The van der Waals surface area contributed by atoms with E-state index in [1.807, 2.05) is 7.05 Å². The Kier molecular flexibility index (Phi) is 6.80. The van der Waals surface area contributed by atoms with E-state index in [1.54, 1.807) is 0 Å². The molecule has 2 aliphatic carbocycles. The summed E-state index contributed by atoms with van der Waals surface area (Å²) in [5.74, 6) is 3.20. The Hall–Kier alpha value is -1.02. The van der Waals surface area contributed by atoms with Crippen LogP contribution in [-0.4, -0.2) is 38.4 Å². The quantitative estimate of drug-likeness (QED) is 0.355. The van der Waals surface area contributed by atoms with E-state index in [4.69, 9.17) is 9.47 Å². The van der Waals surface area contributed by atoms with Gasteiger partial charge in [0, 0.05) is 43.1 Å². The minimum atomic E-state index is 0. The van der Waals surface area contributed by atoms with Crippen LogP contribution in [0.4, 0.5) is 0 Å². The van der Waals surface area contributed by atoms with Crippen molar-refractivity contribution in [3.63, 3.8) is 0 Å². The number of hydrogen-bond donors (Lipinski definition) is 2. The monoisotopic (exact) mass is 499 g/mol. The van der Waals surface area contributed by atoms with Crippen molar-refractivity contribution < 1.29 is 9.47 Å². The standard InChI is InChI=1S/C22H33N3O2.HI/c1-14-5-8-16(18(11-14)27-13-15-6-7-15)12-24-21(23-4)25-19-17-9-10-26-20(17)22(19,2)3;/h5,8,11,15,17,19-20H,6-7,9-10,12-13H2,1-4H3,(H2,23,24,25);1H. The molecule has 5 nitrogen and oxygen atoms in total. The fraction of sp³-hybridized carbons (Fsp3) is 0.682. The van der Waals surface area contributed by atoms with E-state index in [2.05, 4.69) is 54.6 Å². The maximum atomic E-state index is 6.09. The van der Waals surface area contributed by atoms with Crippen molar-refractivity contribution in [2.45, 2.75) is 58.7 Å². The fourth-order valence-corrected chi connectivity index (χ4v) is 4.57. The molecule has 156 valence electrons. The first kappa shape index (κ1) is 21.7. The molecule has 1 aromatic carbocycles. The molecule has 28 heavy (non-hydrogen) atoms. The highest BCUT2D eigenvalue weighted by molar-refractivity contribution is 14.0. The lowest BCUT2D eigenvalue weighted by atomic mass is 9.57. The molecule has 3 aliphatic rings. The third-order valence-electron chi connectivity index (χ3n) is 6.46. The molecule has 2 N–H and O–H groups in total. The summed E-state index contributed by atoms with van der Waals surface area (Å²) in [7, 11) is 1.84. The zero-order valence-corrected chi connectivity index (χ0v) is 19.8. The molecule has 4 rings (SSSR count). The van der Waals surface area contributed by atoms with Crippen LogP contribution in [-0.2, 0) is 11.3 Å². The Balaban J connectivity index is 0.00000225. The zero-order chi connectivity index (χ0) is 19.0. The molecule has 0 radical (unpaired) electrons. The van der Waals surface area contributed by atoms with E-state index in [1.165, 1.54) is 24.0 Å². The number of aryl methyl sites for hydroxylation is 1. The van der Waals surface area contributed by atoms with E-state index < -0.39 is 0 Å². The van der Waals surface area contributed by atoms with Gasteiger partial charge in [0.1, 0.15) is 5.75 Å². The maximum Gasteiger partial charge on any atom is 0.191 e. The van der Waals surface area contributed by atoms with Gasteiger partial charge >= 0.3 is 0 Å². The van der Waals surface area contributed by atoms with Gasteiger partial charge in [-0.3, -0.25) is 4.99 Å². The summed E-state index contributed by atoms with van der Waals surface area (Å²) in [6, 6.07) is 6.85. The van der Waals surface area contributed by atoms with Crippen LogP contribution >= 0.6 is 24.0 Å². The molecule has 0 spiro atoms. The van der Waals surface area contributed by atoms with E-state index in [9.17, 15) is 0 Å². The lowest BCUT2D eigenvalue weighted by Crippen LogP contribution is -2.67. The van der Waals surface area contributed by atoms with Crippen molar-refractivity contribution in [2.24, 2.45) is 22.2 Å². The highest BCUT2D eigenvalue weighted by Gasteiger charge is 2.59. The number of nitrogens with one attached hydrogen (secondary N) is 2. The van der Waals surface area contributed by atoms with E-state index in [0.29, 0.717) is 24.6 Å². The van der Waals surface area contributed by atoms with Crippen molar-refractivity contribution in [1.82, 2.24) is 10.6 Å². The molecule has 1 heterocycles. The molecule has 1 aromatic rings. The van der Waals surface area contributed by atoms with Gasteiger partial charge in [-0.05, 0) is 43.7 Å². The number of guanidine groups is 1. The number of aliphatic imine (C=N–C) groups is 1. The van der Waals surface area contributed by atoms with Gasteiger partial charge < -0.3 is 20.1 Å². The van der Waals surface area contributed by atoms with Crippen molar-refractivity contribution in [3.8, 4) is 5.75 Å². The second kappa shape index (κ2) is 8.78. The van der Waals surface area contributed by atoms with Gasteiger partial charge in [-0.1, -0.05) is 26.0 Å². The lowest BCUT2D eigenvalue weighted by molar-refractivity contribution is -0.106. The first-order valence-corrected chi connectivity index (χ1v) is 10.3. The van der Waals surface area contributed by atoms with E-state index in [0.717, 1.165) is 37.3 Å². The van der Waals surface area contributed by atoms with Crippen molar-refractivity contribution in [2.75, 3.05) is 20.3 Å². The number of fused-ring (bicyclic) bond motifs is 1. The van der Waals surface area contributed by atoms with Gasteiger partial charge in [-0.2, -0.15) is 0 Å². The second-order valence-electron chi connectivity index (χ2n) is 8.98. The van der Waals surface area contributed by atoms with Gasteiger partial charge in [0.25, 0.3) is 0 Å². The molecule has 3 fully saturated rings. The third kappa shape index (κ3) is 4.42. The highest BCUT2D eigenvalue weighted by atomic mass is 127. The van der Waals surface area contributed by atoms with Crippen LogP contribution in [0, 0.1) is 24.2 Å². The van der Waals surface area contributed by atoms with Crippen LogP contribution < -0.4 is 15.4 Å². The Morgan fingerprint density at radius 2 is 2.07 bits per heavy atom. The normalized spacial score (nSPS) is 28.0. The molecule has 2 saturated carbocycles. The van der Waals surface area contributed by atoms with Crippen molar-refractivity contribution in [1.29, 1.82) is 0 Å². The number of hydrogen-bond acceptors (Lipinski definition) is 3. The molecule has 1 saturated heterocycles. The van der Waals surface area contributed by atoms with E-state index in [-0.39, 0.29) is 29.4 Å². The molecule has 3 atom stereocenters. The summed E-state index contributed by atoms with van der Waals surface area (Å²) in [5, 5.41) is 7.13. The highest BCUT2D eigenvalue weighted by Crippen LogP contribution is 2.52. The first-order chi connectivity index (χ1) is 13.0. The van der Waals surface area contributed by atoms with Gasteiger partial charge in [0.05, 0.1) is 12.7 Å². The van der Waals surface area contributed by atoms with Crippen LogP contribution in [0.3, 0.4) is 0 Å². The second-order valence-corrected chi connectivity index (χ2v) is 8.98. The fourth-order valence-electron chi connectivity index (χ4n) is 4.57. The SMILES string of the molecule is CN=C(NCc1ccc(C)cc1OCC1CC1)NC1C2CCOC2C1(C)C.I. The average molecular weight is 499 g/mol. The van der Waals surface area contributed by atoms with Gasteiger partial charge in [0.15, 0.2) is 5.96 Å². The predicted molar refractivity (Wildman–Crippen MR) is 124 cm³/mol. The van der Waals surface area contributed by atoms with Gasteiger partial charge in [-0.25, -0.2) is 0 Å². The lowest BCUT2D eigenvalue weighted by Gasteiger charge is -2.54. The largest absolute Gasteiger partial charge is 0.493 e. The molecule has 1 aliphatic heterocycles. The topological polar surface area (TPSA) is 54.9 Å². The molecule has 0 amide bonds. The average Bonchev–Trinajstić information content (AvgIpc) is 3.37. The zero-order valence-electron chi connectivity index (χ0n) is 17.5. The van der Waals surface area contributed by atoms with Crippen molar-refractivity contribution >= 4 is 29.9 Å². The Morgan fingerprint density at radius 1 is 1.29 bits per heavy atom. The number of ether oxygens (including phenoxy) is 2. The van der Waals surface area contributed by atoms with Crippen LogP contribution in [0.1, 0.15) is 44.2 Å². The summed E-state index contributed by atoms with van der Waals surface area (Å²) in [6.45, 7) is 9.11. The summed E-state index contributed by atoms with van der Waals surface area (Å²) in [5.41, 5.74) is 2.55. The minimum Gasteiger partial charge on any atom is -0.493 e. The number of rotatable bonds is 6. The van der Waals surface area contributed by atoms with Crippen molar-refractivity contribution in [3.05, 3.63) is 29.3 Å². The van der Waals surface area contributed by atoms with Crippen LogP contribution in [0.25, 0.3) is 0 Å². The Labute approximate surface area is 186 Å². The summed E-state index contributed by atoms with van der Waals surface area (Å²) in [4.78, 5) is 4.45. The van der Waals surface area contributed by atoms with Crippen LogP contribution in [0.15, 0.2) is 23.2 Å². The smallest absolute Gasteiger partial charge is 0.191 e. The van der Waals surface area contributed by atoms with E-state index >= 15 is 0 Å². The Bertz CT molecular complexity index is 718. The summed E-state index contributed by atoms with van der Waals surface area (Å²) < 4.78 is 12.0.